The van der Waals surface area contributed by atoms with Crippen molar-refractivity contribution in [2.24, 2.45) is 5.73 Å². The Morgan fingerprint density at radius 2 is 1.29 bits per heavy atom. The number of carbonyl (C=O) groups is 5. The summed E-state index contributed by atoms with van der Waals surface area (Å²) in [5.41, 5.74) is 6.39. The predicted molar refractivity (Wildman–Crippen MR) is 146 cm³/mol. The van der Waals surface area contributed by atoms with E-state index in [0.717, 1.165) is 0 Å². The fraction of sp³-hybridized carbons (Fsp3) is 0.542. The first-order valence-electron chi connectivity index (χ1n) is 11.9. The molecule has 0 spiro atoms. The van der Waals surface area contributed by atoms with E-state index in [1.54, 1.807) is 12.1 Å². The molecule has 4 atom stereocenters. The predicted octanol–water partition coefficient (Wildman–Crippen LogP) is 0.172. The largest absolute Gasteiger partial charge is 0.508 e. The first-order chi connectivity index (χ1) is 18.0. The molecule has 0 saturated carbocycles. The Bertz CT molecular complexity index is 948. The molecule has 0 heterocycles. The average molecular weight is 573 g/mol. The van der Waals surface area contributed by atoms with Crippen LogP contribution in [0.3, 0.4) is 0 Å². The third-order valence-corrected chi connectivity index (χ3v) is 6.77. The van der Waals surface area contributed by atoms with Gasteiger partial charge in [-0.3, -0.25) is 19.2 Å². The Morgan fingerprint density at radius 3 is 1.82 bits per heavy atom. The molecule has 0 aliphatic carbocycles. The van der Waals surface area contributed by atoms with Gasteiger partial charge >= 0.3 is 11.9 Å². The molecule has 14 heteroatoms. The Balaban J connectivity index is 3.09. The zero-order chi connectivity index (χ0) is 28.7. The number of hydrogen-bond acceptors (Lipinski definition) is 9. The number of nitrogens with one attached hydrogen (secondary N) is 3. The van der Waals surface area contributed by atoms with Gasteiger partial charge < -0.3 is 37.0 Å². The van der Waals surface area contributed by atoms with Gasteiger partial charge in [-0.2, -0.15) is 23.5 Å². The lowest BCUT2D eigenvalue weighted by Gasteiger charge is -2.25. The van der Waals surface area contributed by atoms with Gasteiger partial charge in [0.2, 0.25) is 17.7 Å². The molecule has 3 amide bonds. The zero-order valence-corrected chi connectivity index (χ0v) is 23.0. The molecule has 38 heavy (non-hydrogen) atoms. The van der Waals surface area contributed by atoms with Crippen molar-refractivity contribution >= 4 is 53.2 Å². The summed E-state index contributed by atoms with van der Waals surface area (Å²) in [5, 5.41) is 35.5. The lowest BCUT2D eigenvalue weighted by molar-refractivity contribution is -0.142. The van der Waals surface area contributed by atoms with Gasteiger partial charge in [0, 0.05) is 12.8 Å². The number of aromatic hydroxyl groups is 1. The summed E-state index contributed by atoms with van der Waals surface area (Å²) in [5.74, 6) is -3.38. The van der Waals surface area contributed by atoms with Crippen molar-refractivity contribution in [2.45, 2.75) is 56.3 Å². The summed E-state index contributed by atoms with van der Waals surface area (Å²) in [7, 11) is 0. The lowest BCUT2D eigenvalue weighted by atomic mass is 10.0. The number of thioether (sulfide) groups is 2. The molecule has 1 aromatic carbocycles. The first kappa shape index (κ1) is 33.1. The normalized spacial score (nSPS) is 14.0. The number of carbonyl (C=O) groups excluding carboxylic acids is 3. The molecular formula is C24H36N4O8S2. The zero-order valence-electron chi connectivity index (χ0n) is 21.3. The molecule has 4 unspecified atom stereocenters. The Labute approximate surface area is 229 Å². The van der Waals surface area contributed by atoms with Crippen molar-refractivity contribution < 1.29 is 39.3 Å². The maximum atomic E-state index is 13.3. The Hall–Kier alpha value is -2.97. The summed E-state index contributed by atoms with van der Waals surface area (Å²) in [6.07, 6.45) is 3.58. The molecular weight excluding hydrogens is 536 g/mol. The van der Waals surface area contributed by atoms with Crippen molar-refractivity contribution in [3.05, 3.63) is 29.8 Å². The van der Waals surface area contributed by atoms with E-state index in [4.69, 9.17) is 10.8 Å². The monoisotopic (exact) mass is 572 g/mol. The number of benzene rings is 1. The molecule has 0 fully saturated rings. The van der Waals surface area contributed by atoms with Crippen LogP contribution in [0.25, 0.3) is 0 Å². The number of nitrogens with two attached hydrogens (primary N) is 1. The van der Waals surface area contributed by atoms with Gasteiger partial charge in [-0.05, 0) is 61.0 Å². The number of aliphatic carboxylic acids is 2. The molecule has 212 valence electrons. The van der Waals surface area contributed by atoms with Crippen LogP contribution in [-0.4, -0.2) is 93.2 Å². The summed E-state index contributed by atoms with van der Waals surface area (Å²) in [6, 6.07) is 1.42. The van der Waals surface area contributed by atoms with E-state index >= 15 is 0 Å². The summed E-state index contributed by atoms with van der Waals surface area (Å²) < 4.78 is 0. The van der Waals surface area contributed by atoms with Gasteiger partial charge in [-0.25, -0.2) is 4.79 Å². The fourth-order valence-corrected chi connectivity index (χ4v) is 4.25. The van der Waals surface area contributed by atoms with E-state index in [0.29, 0.717) is 17.1 Å². The Morgan fingerprint density at radius 1 is 0.789 bits per heavy atom. The minimum Gasteiger partial charge on any atom is -0.508 e. The molecule has 0 radical (unpaired) electrons. The second-order valence-electron chi connectivity index (χ2n) is 8.49. The van der Waals surface area contributed by atoms with Crippen molar-refractivity contribution in [1.29, 1.82) is 0 Å². The molecule has 0 aromatic heterocycles. The van der Waals surface area contributed by atoms with E-state index in [9.17, 15) is 34.2 Å². The second kappa shape index (κ2) is 17.5. The van der Waals surface area contributed by atoms with Crippen LogP contribution in [0.5, 0.6) is 5.75 Å². The maximum absolute atomic E-state index is 13.3. The van der Waals surface area contributed by atoms with E-state index in [-0.39, 0.29) is 37.9 Å². The van der Waals surface area contributed by atoms with Gasteiger partial charge in [-0.1, -0.05) is 12.1 Å². The molecule has 8 N–H and O–H groups in total. The van der Waals surface area contributed by atoms with Crippen LogP contribution < -0.4 is 21.7 Å². The van der Waals surface area contributed by atoms with Crippen LogP contribution in [0.4, 0.5) is 0 Å². The third kappa shape index (κ3) is 12.5. The van der Waals surface area contributed by atoms with Crippen LogP contribution in [0.15, 0.2) is 24.3 Å². The SMILES string of the molecule is CSCCC(NC(=O)C(CCSC)NC(=O)C(Cc1ccc(O)cc1)NC(=O)C(N)CCC(=O)O)C(=O)O. The van der Waals surface area contributed by atoms with Crippen LogP contribution in [0.1, 0.15) is 31.2 Å². The van der Waals surface area contributed by atoms with Gasteiger partial charge in [0.25, 0.3) is 0 Å². The number of phenols is 1. The van der Waals surface area contributed by atoms with Gasteiger partial charge in [-0.15, -0.1) is 0 Å². The minimum absolute atomic E-state index is 0.00809. The van der Waals surface area contributed by atoms with Gasteiger partial charge in [0.1, 0.15) is 23.9 Å². The summed E-state index contributed by atoms with van der Waals surface area (Å²) >= 11 is 2.88. The average Bonchev–Trinajstić information content (AvgIpc) is 2.87. The molecule has 12 nitrogen and oxygen atoms in total. The molecule has 0 aliphatic heterocycles. The number of phenolic OH excluding ortho intramolecular Hbond substituents is 1. The number of carboxylic acid groups (broad SMARTS) is 2. The smallest absolute Gasteiger partial charge is 0.326 e. The summed E-state index contributed by atoms with van der Waals surface area (Å²) in [6.45, 7) is 0. The molecule has 1 aromatic rings. The van der Waals surface area contributed by atoms with Crippen molar-refractivity contribution in [3.8, 4) is 5.75 Å². The molecule has 0 aliphatic rings. The highest BCUT2D eigenvalue weighted by Gasteiger charge is 2.30. The molecule has 0 bridgehead atoms. The number of amides is 3. The van der Waals surface area contributed by atoms with E-state index in [1.165, 1.54) is 35.7 Å². The first-order valence-corrected chi connectivity index (χ1v) is 14.6. The van der Waals surface area contributed by atoms with Crippen molar-refractivity contribution in [3.63, 3.8) is 0 Å². The second-order valence-corrected chi connectivity index (χ2v) is 10.5. The quantitative estimate of drug-likeness (QED) is 0.126. The molecule has 0 saturated heterocycles. The van der Waals surface area contributed by atoms with Gasteiger partial charge in [0.15, 0.2) is 0 Å². The number of carboxylic acids is 2. The number of hydrogen-bond donors (Lipinski definition) is 7. The van der Waals surface area contributed by atoms with Crippen molar-refractivity contribution in [2.75, 3.05) is 24.0 Å². The van der Waals surface area contributed by atoms with Crippen LogP contribution in [0, 0.1) is 0 Å². The van der Waals surface area contributed by atoms with E-state index < -0.39 is 53.8 Å². The van der Waals surface area contributed by atoms with E-state index in [1.807, 2.05) is 12.5 Å². The maximum Gasteiger partial charge on any atom is 0.326 e. The van der Waals surface area contributed by atoms with E-state index in [2.05, 4.69) is 16.0 Å². The van der Waals surface area contributed by atoms with Crippen LogP contribution in [0.2, 0.25) is 0 Å². The topological polar surface area (TPSA) is 208 Å². The highest BCUT2D eigenvalue weighted by atomic mass is 32.2. The summed E-state index contributed by atoms with van der Waals surface area (Å²) in [4.78, 5) is 61.3. The number of rotatable bonds is 18. The highest BCUT2D eigenvalue weighted by molar-refractivity contribution is 7.98. The molecule has 1 rings (SSSR count). The lowest BCUT2D eigenvalue weighted by Crippen LogP contribution is -2.57. The highest BCUT2D eigenvalue weighted by Crippen LogP contribution is 2.12. The van der Waals surface area contributed by atoms with Gasteiger partial charge in [0.05, 0.1) is 6.04 Å². The Kier molecular flexibility index (Phi) is 15.2. The van der Waals surface area contributed by atoms with Crippen LogP contribution in [-0.2, 0) is 30.4 Å². The standard InChI is InChI=1S/C24H36N4O8S2/c1-37-11-9-17(22(33)27-18(24(35)36)10-12-38-2)26-23(34)19(13-14-3-5-15(29)6-4-14)28-21(32)16(25)7-8-20(30)31/h3-6,16-19,29H,7-13,25H2,1-2H3,(H,26,34)(H,27,33)(H,28,32)(H,30,31)(H,35,36). The fourth-order valence-electron chi connectivity index (χ4n) is 3.31. The van der Waals surface area contributed by atoms with Crippen molar-refractivity contribution in [1.82, 2.24) is 16.0 Å². The third-order valence-electron chi connectivity index (χ3n) is 5.48. The van der Waals surface area contributed by atoms with Crippen LogP contribution >= 0.6 is 23.5 Å². The minimum atomic E-state index is -1.19.